The summed E-state index contributed by atoms with van der Waals surface area (Å²) in [7, 11) is 0. The minimum Gasteiger partial charge on any atom is -0.444 e. The van der Waals surface area contributed by atoms with Crippen molar-refractivity contribution in [3.63, 3.8) is 0 Å². The van der Waals surface area contributed by atoms with E-state index in [9.17, 15) is 4.79 Å². The normalized spacial score (nSPS) is 17.3. The molecule has 0 saturated carbocycles. The molecule has 5 nitrogen and oxygen atoms in total. The quantitative estimate of drug-likeness (QED) is 0.768. The van der Waals surface area contributed by atoms with E-state index in [0.29, 0.717) is 13.2 Å². The monoisotopic (exact) mass is 348 g/mol. The first-order valence-electron chi connectivity index (χ1n) is 9.25. The van der Waals surface area contributed by atoms with Gasteiger partial charge in [-0.1, -0.05) is 31.2 Å². The molecule has 1 amide bonds. The van der Waals surface area contributed by atoms with Crippen LogP contribution in [0.2, 0.25) is 0 Å². The summed E-state index contributed by atoms with van der Waals surface area (Å²) in [6, 6.07) is 8.42. The molecule has 1 aromatic rings. The SMILES string of the molecule is CCCOCCNCC1Cc2ccccc2CN1C(=O)OC(C)(C)C. The molecule has 0 saturated heterocycles. The zero-order valence-electron chi connectivity index (χ0n) is 16.0. The minimum atomic E-state index is -0.486. The molecule has 25 heavy (non-hydrogen) atoms. The Labute approximate surface area is 151 Å². The van der Waals surface area contributed by atoms with Crippen LogP contribution in [0.1, 0.15) is 45.2 Å². The van der Waals surface area contributed by atoms with Crippen molar-refractivity contribution in [1.29, 1.82) is 0 Å². The highest BCUT2D eigenvalue weighted by Gasteiger charge is 2.32. The summed E-state index contributed by atoms with van der Waals surface area (Å²) in [6.07, 6.45) is 1.64. The number of amides is 1. The number of nitrogens with zero attached hydrogens (tertiary/aromatic N) is 1. The van der Waals surface area contributed by atoms with Crippen LogP contribution in [0.5, 0.6) is 0 Å². The van der Waals surface area contributed by atoms with Gasteiger partial charge in [0.15, 0.2) is 0 Å². The average molecular weight is 348 g/mol. The van der Waals surface area contributed by atoms with Gasteiger partial charge in [-0.15, -0.1) is 0 Å². The Morgan fingerprint density at radius 3 is 2.64 bits per heavy atom. The number of ether oxygens (including phenoxy) is 2. The van der Waals surface area contributed by atoms with Crippen molar-refractivity contribution in [2.24, 2.45) is 0 Å². The van der Waals surface area contributed by atoms with E-state index in [4.69, 9.17) is 9.47 Å². The van der Waals surface area contributed by atoms with Crippen LogP contribution in [0, 0.1) is 0 Å². The van der Waals surface area contributed by atoms with Crippen LogP contribution in [0.15, 0.2) is 24.3 Å². The fourth-order valence-electron chi connectivity index (χ4n) is 2.96. The number of hydrogen-bond acceptors (Lipinski definition) is 4. The fraction of sp³-hybridized carbons (Fsp3) is 0.650. The Morgan fingerprint density at radius 1 is 1.24 bits per heavy atom. The third kappa shape index (κ3) is 6.33. The standard InChI is InChI=1S/C20H32N2O3/c1-5-11-24-12-10-21-14-18-13-16-8-6-7-9-17(16)15-22(18)19(23)25-20(2,3)4/h6-9,18,21H,5,10-15H2,1-4H3. The van der Waals surface area contributed by atoms with E-state index in [0.717, 1.165) is 32.5 Å². The van der Waals surface area contributed by atoms with Gasteiger partial charge in [0, 0.05) is 26.2 Å². The van der Waals surface area contributed by atoms with Crippen LogP contribution in [0.3, 0.4) is 0 Å². The summed E-state index contributed by atoms with van der Waals surface area (Å²) in [4.78, 5) is 14.5. The van der Waals surface area contributed by atoms with E-state index in [1.54, 1.807) is 0 Å². The van der Waals surface area contributed by atoms with Crippen LogP contribution in [-0.2, 0) is 22.4 Å². The van der Waals surface area contributed by atoms with Crippen LogP contribution in [-0.4, -0.2) is 48.9 Å². The maximum absolute atomic E-state index is 12.7. The lowest BCUT2D eigenvalue weighted by Gasteiger charge is -2.38. The largest absolute Gasteiger partial charge is 0.444 e. The Kier molecular flexibility index (Phi) is 7.26. The van der Waals surface area contributed by atoms with E-state index >= 15 is 0 Å². The second-order valence-electron chi connectivity index (χ2n) is 7.55. The maximum atomic E-state index is 12.7. The number of nitrogens with one attached hydrogen (secondary N) is 1. The summed E-state index contributed by atoms with van der Waals surface area (Å²) >= 11 is 0. The fourth-order valence-corrected chi connectivity index (χ4v) is 2.96. The zero-order chi connectivity index (χ0) is 18.3. The molecule has 1 unspecified atom stereocenters. The van der Waals surface area contributed by atoms with Gasteiger partial charge in [-0.05, 0) is 44.7 Å². The van der Waals surface area contributed by atoms with Gasteiger partial charge in [-0.2, -0.15) is 0 Å². The predicted molar refractivity (Wildman–Crippen MR) is 99.7 cm³/mol. The smallest absolute Gasteiger partial charge is 0.410 e. The third-order valence-corrected chi connectivity index (χ3v) is 4.13. The average Bonchev–Trinajstić information content (AvgIpc) is 2.55. The molecule has 1 heterocycles. The van der Waals surface area contributed by atoms with Gasteiger partial charge in [-0.3, -0.25) is 4.90 Å². The van der Waals surface area contributed by atoms with Crippen LogP contribution in [0.25, 0.3) is 0 Å². The molecule has 140 valence electrons. The van der Waals surface area contributed by atoms with Crippen molar-refractivity contribution in [2.75, 3.05) is 26.3 Å². The van der Waals surface area contributed by atoms with Crippen molar-refractivity contribution >= 4 is 6.09 Å². The van der Waals surface area contributed by atoms with Gasteiger partial charge in [0.2, 0.25) is 0 Å². The van der Waals surface area contributed by atoms with E-state index < -0.39 is 5.60 Å². The van der Waals surface area contributed by atoms with E-state index in [1.807, 2.05) is 31.7 Å². The summed E-state index contributed by atoms with van der Waals surface area (Å²) in [5.41, 5.74) is 2.03. The topological polar surface area (TPSA) is 50.8 Å². The first kappa shape index (κ1) is 19.7. The van der Waals surface area contributed by atoms with E-state index in [2.05, 4.69) is 30.4 Å². The minimum absolute atomic E-state index is 0.0934. The maximum Gasteiger partial charge on any atom is 0.410 e. The predicted octanol–water partition coefficient (Wildman–Crippen LogP) is 3.36. The van der Waals surface area contributed by atoms with Gasteiger partial charge in [0.1, 0.15) is 5.60 Å². The van der Waals surface area contributed by atoms with Gasteiger partial charge >= 0.3 is 6.09 Å². The molecule has 1 atom stereocenters. The van der Waals surface area contributed by atoms with Crippen LogP contribution in [0.4, 0.5) is 4.79 Å². The lowest BCUT2D eigenvalue weighted by atomic mass is 9.94. The number of fused-ring (bicyclic) bond motifs is 1. The highest BCUT2D eigenvalue weighted by molar-refractivity contribution is 5.69. The van der Waals surface area contributed by atoms with Crippen molar-refractivity contribution in [3.05, 3.63) is 35.4 Å². The van der Waals surface area contributed by atoms with Gasteiger partial charge in [0.05, 0.1) is 12.6 Å². The molecule has 5 heteroatoms. The molecular formula is C20H32N2O3. The lowest BCUT2D eigenvalue weighted by molar-refractivity contribution is 0.0118. The second-order valence-corrected chi connectivity index (χ2v) is 7.55. The Balaban J connectivity index is 1.98. The molecule has 0 fully saturated rings. The Hall–Kier alpha value is -1.59. The molecule has 0 aromatic heterocycles. The summed E-state index contributed by atoms with van der Waals surface area (Å²) < 4.78 is 11.1. The van der Waals surface area contributed by atoms with Crippen molar-refractivity contribution in [2.45, 2.75) is 58.7 Å². The molecule has 0 bridgehead atoms. The van der Waals surface area contributed by atoms with Gasteiger partial charge in [-0.25, -0.2) is 4.79 Å². The molecule has 1 aliphatic heterocycles. The highest BCUT2D eigenvalue weighted by atomic mass is 16.6. The zero-order valence-corrected chi connectivity index (χ0v) is 16.0. The molecule has 0 radical (unpaired) electrons. The molecule has 2 rings (SSSR count). The van der Waals surface area contributed by atoms with E-state index in [-0.39, 0.29) is 12.1 Å². The molecular weight excluding hydrogens is 316 g/mol. The van der Waals surface area contributed by atoms with Crippen LogP contribution >= 0.6 is 0 Å². The lowest BCUT2D eigenvalue weighted by Crippen LogP contribution is -2.50. The van der Waals surface area contributed by atoms with Crippen LogP contribution < -0.4 is 5.32 Å². The van der Waals surface area contributed by atoms with Gasteiger partial charge in [0.25, 0.3) is 0 Å². The van der Waals surface area contributed by atoms with Gasteiger partial charge < -0.3 is 14.8 Å². The molecule has 1 aliphatic rings. The Bertz CT molecular complexity index is 554. The number of carbonyl (C=O) groups is 1. The third-order valence-electron chi connectivity index (χ3n) is 4.13. The number of hydrogen-bond donors (Lipinski definition) is 1. The molecule has 1 N–H and O–H groups in total. The van der Waals surface area contributed by atoms with Crippen molar-refractivity contribution < 1.29 is 14.3 Å². The van der Waals surface area contributed by atoms with E-state index in [1.165, 1.54) is 11.1 Å². The molecule has 0 aliphatic carbocycles. The first-order valence-corrected chi connectivity index (χ1v) is 9.25. The first-order chi connectivity index (χ1) is 11.9. The molecule has 0 spiro atoms. The van der Waals surface area contributed by atoms with Crippen molar-refractivity contribution in [1.82, 2.24) is 10.2 Å². The highest BCUT2D eigenvalue weighted by Crippen LogP contribution is 2.25. The summed E-state index contributed by atoms with van der Waals surface area (Å²) in [5, 5.41) is 3.42. The molecule has 1 aromatic carbocycles. The van der Waals surface area contributed by atoms with Crippen molar-refractivity contribution in [3.8, 4) is 0 Å². The Morgan fingerprint density at radius 2 is 1.96 bits per heavy atom. The summed E-state index contributed by atoms with van der Waals surface area (Å²) in [6.45, 7) is 11.4. The number of rotatable bonds is 7. The summed E-state index contributed by atoms with van der Waals surface area (Å²) in [5.74, 6) is 0. The second kappa shape index (κ2) is 9.20. The number of carbonyl (C=O) groups excluding carboxylic acids is 1. The number of benzene rings is 1.